The second-order valence-corrected chi connectivity index (χ2v) is 9.12. The van der Waals surface area contributed by atoms with Crippen molar-refractivity contribution in [2.45, 2.75) is 32.4 Å². The largest absolute Gasteiger partial charge is 0.497 e. The number of rotatable bonds is 6. The van der Waals surface area contributed by atoms with Crippen molar-refractivity contribution >= 4 is 21.6 Å². The number of sulfonamides is 1. The van der Waals surface area contributed by atoms with E-state index >= 15 is 0 Å². The van der Waals surface area contributed by atoms with Crippen molar-refractivity contribution in [1.29, 1.82) is 0 Å². The molecule has 0 saturated carbocycles. The molecule has 7 nitrogen and oxygen atoms in total. The number of benzene rings is 2. The van der Waals surface area contributed by atoms with E-state index in [2.05, 4.69) is 5.32 Å². The van der Waals surface area contributed by atoms with Crippen LogP contribution in [0.2, 0.25) is 0 Å². The van der Waals surface area contributed by atoms with Crippen molar-refractivity contribution in [3.05, 3.63) is 53.1 Å². The molecule has 156 valence electrons. The highest BCUT2D eigenvalue weighted by molar-refractivity contribution is 7.92. The molecule has 1 N–H and O–H groups in total. The molecule has 29 heavy (non-hydrogen) atoms. The summed E-state index contributed by atoms with van der Waals surface area (Å²) in [4.78, 5) is 12.8. The third-order valence-electron chi connectivity index (χ3n) is 5.10. The van der Waals surface area contributed by atoms with E-state index < -0.39 is 10.0 Å². The molecule has 1 aliphatic rings. The second kappa shape index (κ2) is 7.94. The Kier molecular flexibility index (Phi) is 5.75. The van der Waals surface area contributed by atoms with Crippen LogP contribution in [0.15, 0.2) is 36.4 Å². The lowest BCUT2D eigenvalue weighted by Gasteiger charge is -2.22. The van der Waals surface area contributed by atoms with Crippen LogP contribution < -0.4 is 19.1 Å². The van der Waals surface area contributed by atoms with Gasteiger partial charge in [-0.15, -0.1) is 0 Å². The summed E-state index contributed by atoms with van der Waals surface area (Å²) in [5, 5.41) is 2.98. The van der Waals surface area contributed by atoms with E-state index in [1.54, 1.807) is 44.6 Å². The van der Waals surface area contributed by atoms with Crippen molar-refractivity contribution < 1.29 is 22.7 Å². The average molecular weight is 419 g/mol. The minimum atomic E-state index is -3.36. The number of fused-ring (bicyclic) bond motifs is 1. The second-order valence-electron chi connectivity index (χ2n) is 7.26. The number of methoxy groups -OCH3 is 2. The Balaban J connectivity index is 1.83. The van der Waals surface area contributed by atoms with Gasteiger partial charge in [0.15, 0.2) is 0 Å². The summed E-state index contributed by atoms with van der Waals surface area (Å²) in [6.07, 6.45) is 1.77. The molecule has 0 unspecified atom stereocenters. The van der Waals surface area contributed by atoms with E-state index in [1.165, 1.54) is 10.6 Å². The van der Waals surface area contributed by atoms with E-state index in [9.17, 15) is 13.2 Å². The molecule has 0 aromatic heterocycles. The predicted octanol–water partition coefficient (Wildman–Crippen LogP) is 2.91. The Bertz CT molecular complexity index is 1040. The summed E-state index contributed by atoms with van der Waals surface area (Å²) in [5.41, 5.74) is 2.78. The molecule has 0 fully saturated rings. The molecular formula is C21H26N2O5S. The van der Waals surface area contributed by atoms with Crippen molar-refractivity contribution in [1.82, 2.24) is 5.32 Å². The first-order valence-corrected chi connectivity index (χ1v) is 11.2. The van der Waals surface area contributed by atoms with Crippen LogP contribution in [0.5, 0.6) is 11.5 Å². The molecule has 8 heteroatoms. The number of nitrogens with one attached hydrogen (secondary N) is 1. The van der Waals surface area contributed by atoms with E-state index in [1.807, 2.05) is 19.9 Å². The molecule has 2 aromatic carbocycles. The Morgan fingerprint density at radius 3 is 2.52 bits per heavy atom. The van der Waals surface area contributed by atoms with Gasteiger partial charge in [-0.05, 0) is 62.2 Å². The van der Waals surface area contributed by atoms with Crippen LogP contribution in [-0.2, 0) is 16.4 Å². The van der Waals surface area contributed by atoms with Gasteiger partial charge in [-0.3, -0.25) is 9.10 Å². The SMILES string of the molecule is COc1ccc(OC)c([C@@H](C)NC(=O)c2ccc3c(c2)C[C@H](C)N3S(C)(=O)=O)c1. The van der Waals surface area contributed by atoms with Gasteiger partial charge in [0.05, 0.1) is 32.2 Å². The van der Waals surface area contributed by atoms with Crippen LogP contribution in [0.25, 0.3) is 0 Å². The van der Waals surface area contributed by atoms with Crippen LogP contribution >= 0.6 is 0 Å². The van der Waals surface area contributed by atoms with Gasteiger partial charge >= 0.3 is 0 Å². The molecule has 0 spiro atoms. The maximum Gasteiger partial charge on any atom is 0.251 e. The third-order valence-corrected chi connectivity index (χ3v) is 6.37. The Hall–Kier alpha value is -2.74. The third kappa shape index (κ3) is 4.17. The smallest absolute Gasteiger partial charge is 0.251 e. The first kappa shape index (κ1) is 21.0. The molecule has 1 amide bonds. The standard InChI is InChI=1S/C21H26N2O5S/c1-13-10-16-11-15(6-8-19(16)23(13)29(5,25)26)21(24)22-14(2)18-12-17(27-3)7-9-20(18)28-4/h6-9,11-14H,10H2,1-5H3,(H,22,24)/t13-,14+/m0/s1. The fourth-order valence-electron chi connectivity index (χ4n) is 3.78. The summed E-state index contributed by atoms with van der Waals surface area (Å²) in [6.45, 7) is 3.73. The van der Waals surface area contributed by atoms with Gasteiger partial charge in [0.25, 0.3) is 5.91 Å². The number of carbonyl (C=O) groups is 1. The Morgan fingerprint density at radius 1 is 1.17 bits per heavy atom. The summed E-state index contributed by atoms with van der Waals surface area (Å²) >= 11 is 0. The van der Waals surface area contributed by atoms with E-state index in [4.69, 9.17) is 9.47 Å². The minimum absolute atomic E-state index is 0.168. The number of anilines is 1. The van der Waals surface area contributed by atoms with Gasteiger partial charge in [-0.2, -0.15) is 0 Å². The number of hydrogen-bond donors (Lipinski definition) is 1. The van der Waals surface area contributed by atoms with Gasteiger partial charge in [0.1, 0.15) is 11.5 Å². The van der Waals surface area contributed by atoms with Crippen LogP contribution in [0, 0.1) is 0 Å². The van der Waals surface area contributed by atoms with Gasteiger partial charge in [-0.1, -0.05) is 0 Å². The normalized spacial score (nSPS) is 16.9. The number of amides is 1. The van der Waals surface area contributed by atoms with Crippen molar-refractivity contribution in [2.24, 2.45) is 0 Å². The van der Waals surface area contributed by atoms with Crippen LogP contribution in [-0.4, -0.2) is 40.8 Å². The number of ether oxygens (including phenoxy) is 2. The highest BCUT2D eigenvalue weighted by Gasteiger charge is 2.32. The van der Waals surface area contributed by atoms with Gasteiger partial charge < -0.3 is 14.8 Å². The summed E-state index contributed by atoms with van der Waals surface area (Å²) < 4.78 is 36.2. The molecule has 0 saturated heterocycles. The fourth-order valence-corrected chi connectivity index (χ4v) is 5.05. The molecule has 2 aromatic rings. The van der Waals surface area contributed by atoms with Gasteiger partial charge in [0.2, 0.25) is 10.0 Å². The lowest BCUT2D eigenvalue weighted by molar-refractivity contribution is 0.0939. The van der Waals surface area contributed by atoms with Crippen LogP contribution in [0.4, 0.5) is 5.69 Å². The monoisotopic (exact) mass is 418 g/mol. The van der Waals surface area contributed by atoms with Crippen molar-refractivity contribution in [2.75, 3.05) is 24.8 Å². The average Bonchev–Trinajstić information content (AvgIpc) is 3.02. The van der Waals surface area contributed by atoms with Crippen LogP contribution in [0.3, 0.4) is 0 Å². The van der Waals surface area contributed by atoms with Crippen molar-refractivity contribution in [3.8, 4) is 11.5 Å². The maximum atomic E-state index is 12.8. The quantitative estimate of drug-likeness (QED) is 0.780. The zero-order valence-corrected chi connectivity index (χ0v) is 18.0. The first-order valence-electron chi connectivity index (χ1n) is 9.30. The molecule has 2 atom stereocenters. The number of nitrogens with zero attached hydrogens (tertiary/aromatic N) is 1. The fraction of sp³-hybridized carbons (Fsp3) is 0.381. The molecule has 1 aliphatic heterocycles. The molecule has 3 rings (SSSR count). The lowest BCUT2D eigenvalue weighted by atomic mass is 10.0. The van der Waals surface area contributed by atoms with E-state index in [0.717, 1.165) is 11.1 Å². The minimum Gasteiger partial charge on any atom is -0.497 e. The highest BCUT2D eigenvalue weighted by atomic mass is 32.2. The van der Waals surface area contributed by atoms with E-state index in [-0.39, 0.29) is 18.0 Å². The summed E-state index contributed by atoms with van der Waals surface area (Å²) in [6, 6.07) is 10.1. The first-order chi connectivity index (χ1) is 13.7. The number of hydrogen-bond acceptors (Lipinski definition) is 5. The van der Waals surface area contributed by atoms with Gasteiger partial charge in [0, 0.05) is 17.2 Å². The molecular weight excluding hydrogens is 392 g/mol. The molecule has 0 bridgehead atoms. The van der Waals surface area contributed by atoms with Gasteiger partial charge in [-0.25, -0.2) is 8.42 Å². The summed E-state index contributed by atoms with van der Waals surface area (Å²) in [5.74, 6) is 1.09. The zero-order valence-electron chi connectivity index (χ0n) is 17.2. The topological polar surface area (TPSA) is 84.9 Å². The maximum absolute atomic E-state index is 12.8. The van der Waals surface area contributed by atoms with Crippen LogP contribution in [0.1, 0.15) is 41.4 Å². The highest BCUT2D eigenvalue weighted by Crippen LogP contribution is 2.35. The molecule has 0 aliphatic carbocycles. The predicted molar refractivity (Wildman–Crippen MR) is 112 cm³/mol. The molecule has 0 radical (unpaired) electrons. The Morgan fingerprint density at radius 2 is 1.90 bits per heavy atom. The lowest BCUT2D eigenvalue weighted by Crippen LogP contribution is -2.34. The van der Waals surface area contributed by atoms with Crippen molar-refractivity contribution in [3.63, 3.8) is 0 Å². The summed E-state index contributed by atoms with van der Waals surface area (Å²) in [7, 11) is -0.199. The number of carbonyl (C=O) groups excluding carboxylic acids is 1. The zero-order chi connectivity index (χ0) is 21.3. The molecule has 1 heterocycles. The van der Waals surface area contributed by atoms with E-state index in [0.29, 0.717) is 29.2 Å². The Labute approximate surface area is 171 Å².